The minimum absolute atomic E-state index is 0.197. The summed E-state index contributed by atoms with van der Waals surface area (Å²) < 4.78 is 5.51. The first-order chi connectivity index (χ1) is 15.6. The van der Waals surface area contributed by atoms with Crippen molar-refractivity contribution < 1.29 is 9.53 Å². The number of carbonyl (C=O) groups is 1. The SMILES string of the molecule is O=C(NC(c1ccccc1)c1c[nH]c2cc(Cl)ccc2c1=O)Oc1ccc2cc[nH]c2c1. The molecule has 1 unspecified atom stereocenters. The van der Waals surface area contributed by atoms with Gasteiger partial charge in [0.05, 0.1) is 11.6 Å². The maximum Gasteiger partial charge on any atom is 0.413 e. The van der Waals surface area contributed by atoms with Gasteiger partial charge in [0.25, 0.3) is 0 Å². The molecular weight excluding hydrogens is 426 g/mol. The predicted molar refractivity (Wildman–Crippen MR) is 125 cm³/mol. The molecule has 6 nitrogen and oxygen atoms in total. The summed E-state index contributed by atoms with van der Waals surface area (Å²) in [6.07, 6.45) is 2.75. The van der Waals surface area contributed by atoms with Crippen molar-refractivity contribution in [2.24, 2.45) is 0 Å². The first kappa shape index (κ1) is 19.9. The third-order valence-corrected chi connectivity index (χ3v) is 5.55. The number of aromatic nitrogens is 2. The lowest BCUT2D eigenvalue weighted by Crippen LogP contribution is -2.34. The number of amides is 1. The number of H-pyrrole nitrogens is 2. The first-order valence-corrected chi connectivity index (χ1v) is 10.4. The maximum absolute atomic E-state index is 13.3. The molecule has 3 aromatic carbocycles. The zero-order valence-corrected chi connectivity index (χ0v) is 17.5. The number of ether oxygens (including phenoxy) is 1. The zero-order valence-electron chi connectivity index (χ0n) is 16.8. The fourth-order valence-electron chi connectivity index (χ4n) is 3.76. The van der Waals surface area contributed by atoms with E-state index in [0.29, 0.717) is 27.2 Å². The summed E-state index contributed by atoms with van der Waals surface area (Å²) in [6, 6.07) is 20.9. The molecule has 5 rings (SSSR count). The van der Waals surface area contributed by atoms with Gasteiger partial charge >= 0.3 is 6.09 Å². The summed E-state index contributed by atoms with van der Waals surface area (Å²) in [5, 5.41) is 4.87. The molecule has 32 heavy (non-hydrogen) atoms. The summed E-state index contributed by atoms with van der Waals surface area (Å²) in [5.41, 5.74) is 2.43. The minimum atomic E-state index is -0.707. The van der Waals surface area contributed by atoms with Crippen molar-refractivity contribution in [1.29, 1.82) is 0 Å². The van der Waals surface area contributed by atoms with Gasteiger partial charge in [0.1, 0.15) is 5.75 Å². The summed E-state index contributed by atoms with van der Waals surface area (Å²) in [6.45, 7) is 0. The van der Waals surface area contributed by atoms with E-state index in [2.05, 4.69) is 15.3 Å². The second-order valence-corrected chi connectivity index (χ2v) is 7.80. The maximum atomic E-state index is 13.3. The molecule has 3 N–H and O–H groups in total. The van der Waals surface area contributed by atoms with Crippen LogP contribution in [-0.4, -0.2) is 16.1 Å². The Bertz CT molecular complexity index is 1490. The highest BCUT2D eigenvalue weighted by Gasteiger charge is 2.22. The Kier molecular flexibility index (Phi) is 5.13. The second kappa shape index (κ2) is 8.24. The van der Waals surface area contributed by atoms with Gasteiger partial charge in [0.2, 0.25) is 0 Å². The monoisotopic (exact) mass is 443 g/mol. The smallest absolute Gasteiger partial charge is 0.410 e. The van der Waals surface area contributed by atoms with Crippen LogP contribution in [0.3, 0.4) is 0 Å². The van der Waals surface area contributed by atoms with Crippen LogP contribution in [0.1, 0.15) is 17.2 Å². The lowest BCUT2D eigenvalue weighted by molar-refractivity contribution is 0.198. The van der Waals surface area contributed by atoms with Crippen molar-refractivity contribution in [2.45, 2.75) is 6.04 Å². The average Bonchev–Trinajstić information content (AvgIpc) is 3.26. The van der Waals surface area contributed by atoms with E-state index in [1.54, 1.807) is 36.5 Å². The number of hydrogen-bond acceptors (Lipinski definition) is 3. The molecule has 0 saturated carbocycles. The van der Waals surface area contributed by atoms with Gasteiger partial charge in [-0.25, -0.2) is 4.79 Å². The number of rotatable bonds is 4. The molecular formula is C25H18ClN3O3. The van der Waals surface area contributed by atoms with E-state index in [4.69, 9.17) is 16.3 Å². The normalized spacial score (nSPS) is 12.0. The van der Waals surface area contributed by atoms with E-state index in [1.165, 1.54) is 0 Å². The van der Waals surface area contributed by atoms with Crippen LogP contribution in [0.5, 0.6) is 5.75 Å². The van der Waals surface area contributed by atoms with Gasteiger partial charge in [0.15, 0.2) is 5.43 Å². The van der Waals surface area contributed by atoms with Crippen LogP contribution in [0.2, 0.25) is 5.02 Å². The average molecular weight is 444 g/mol. The number of hydrogen-bond donors (Lipinski definition) is 3. The number of nitrogens with one attached hydrogen (secondary N) is 3. The number of aromatic amines is 2. The van der Waals surface area contributed by atoms with E-state index in [1.807, 2.05) is 48.7 Å². The number of carbonyl (C=O) groups excluding carboxylic acids is 1. The Morgan fingerprint density at radius 3 is 2.62 bits per heavy atom. The van der Waals surface area contributed by atoms with Gasteiger partial charge in [-0.15, -0.1) is 0 Å². The van der Waals surface area contributed by atoms with Crippen LogP contribution in [-0.2, 0) is 0 Å². The number of halogens is 1. The molecule has 0 saturated heterocycles. The molecule has 0 aliphatic heterocycles. The molecule has 0 radical (unpaired) electrons. The quantitative estimate of drug-likeness (QED) is 0.341. The van der Waals surface area contributed by atoms with Crippen molar-refractivity contribution in [3.8, 4) is 5.75 Å². The molecule has 0 spiro atoms. The van der Waals surface area contributed by atoms with Crippen LogP contribution in [0, 0.1) is 0 Å². The van der Waals surface area contributed by atoms with Crippen molar-refractivity contribution >= 4 is 39.5 Å². The Morgan fingerprint density at radius 2 is 1.78 bits per heavy atom. The molecule has 1 amide bonds. The third-order valence-electron chi connectivity index (χ3n) is 5.31. The summed E-state index contributed by atoms with van der Waals surface area (Å²) in [5.74, 6) is 0.395. The highest BCUT2D eigenvalue weighted by molar-refractivity contribution is 6.31. The molecule has 2 heterocycles. The molecule has 0 bridgehead atoms. The van der Waals surface area contributed by atoms with E-state index < -0.39 is 12.1 Å². The number of pyridine rings is 1. The summed E-state index contributed by atoms with van der Waals surface area (Å²) in [4.78, 5) is 32.2. The minimum Gasteiger partial charge on any atom is -0.410 e. The lowest BCUT2D eigenvalue weighted by atomic mass is 9.98. The highest BCUT2D eigenvalue weighted by Crippen LogP contribution is 2.24. The topological polar surface area (TPSA) is 87.0 Å². The van der Waals surface area contributed by atoms with Crippen molar-refractivity contribution in [1.82, 2.24) is 15.3 Å². The molecule has 2 aromatic heterocycles. The van der Waals surface area contributed by atoms with Crippen LogP contribution < -0.4 is 15.5 Å². The van der Waals surface area contributed by atoms with Gasteiger partial charge in [0, 0.05) is 39.9 Å². The van der Waals surface area contributed by atoms with Crippen LogP contribution in [0.25, 0.3) is 21.8 Å². The number of fused-ring (bicyclic) bond motifs is 2. The van der Waals surface area contributed by atoms with E-state index in [0.717, 1.165) is 16.5 Å². The van der Waals surface area contributed by atoms with Crippen LogP contribution in [0.15, 0.2) is 90.0 Å². The molecule has 0 fully saturated rings. The molecule has 0 aliphatic carbocycles. The largest absolute Gasteiger partial charge is 0.413 e. The summed E-state index contributed by atoms with van der Waals surface area (Å²) >= 11 is 6.05. The highest BCUT2D eigenvalue weighted by atomic mass is 35.5. The Balaban J connectivity index is 1.49. The fourth-order valence-corrected chi connectivity index (χ4v) is 3.93. The van der Waals surface area contributed by atoms with Crippen molar-refractivity contribution in [3.63, 3.8) is 0 Å². The molecule has 7 heteroatoms. The van der Waals surface area contributed by atoms with E-state index >= 15 is 0 Å². The predicted octanol–water partition coefficient (Wildman–Crippen LogP) is 5.54. The Hall–Kier alpha value is -4.03. The van der Waals surface area contributed by atoms with Gasteiger partial charge in [-0.05, 0) is 47.3 Å². The Morgan fingerprint density at radius 1 is 0.938 bits per heavy atom. The van der Waals surface area contributed by atoms with Gasteiger partial charge < -0.3 is 20.0 Å². The molecule has 1 atom stereocenters. The van der Waals surface area contributed by atoms with Crippen molar-refractivity contribution in [3.05, 3.63) is 112 Å². The first-order valence-electron chi connectivity index (χ1n) is 10.00. The summed E-state index contributed by atoms with van der Waals surface area (Å²) in [7, 11) is 0. The molecule has 0 aliphatic rings. The number of benzene rings is 3. The molecule has 5 aromatic rings. The molecule has 158 valence electrons. The van der Waals surface area contributed by atoms with E-state index in [-0.39, 0.29) is 5.43 Å². The fraction of sp³-hybridized carbons (Fsp3) is 0.0400. The van der Waals surface area contributed by atoms with Crippen molar-refractivity contribution in [2.75, 3.05) is 0 Å². The van der Waals surface area contributed by atoms with Crippen LogP contribution >= 0.6 is 11.6 Å². The van der Waals surface area contributed by atoms with Gasteiger partial charge in [-0.3, -0.25) is 4.79 Å². The van der Waals surface area contributed by atoms with Gasteiger partial charge in [-0.2, -0.15) is 0 Å². The Labute approximate surface area is 187 Å². The third kappa shape index (κ3) is 3.84. The lowest BCUT2D eigenvalue weighted by Gasteiger charge is -2.19. The standard InChI is InChI=1S/C25H18ClN3O3/c26-17-7-9-19-22(12-17)28-14-20(24(19)30)23(16-4-2-1-3-5-16)29-25(31)32-18-8-6-15-10-11-27-21(15)13-18/h1-14,23,27H,(H,28,30)(H,29,31). The second-order valence-electron chi connectivity index (χ2n) is 7.37. The zero-order chi connectivity index (χ0) is 22.1. The van der Waals surface area contributed by atoms with Gasteiger partial charge in [-0.1, -0.05) is 41.9 Å². The van der Waals surface area contributed by atoms with E-state index in [9.17, 15) is 9.59 Å². The van der Waals surface area contributed by atoms with Crippen LogP contribution in [0.4, 0.5) is 4.79 Å².